The van der Waals surface area contributed by atoms with Gasteiger partial charge in [0.2, 0.25) is 10.0 Å². The zero-order valence-electron chi connectivity index (χ0n) is 11.3. The van der Waals surface area contributed by atoms with Crippen molar-refractivity contribution in [2.45, 2.75) is 30.8 Å². The normalized spacial score (nSPS) is 18.0. The van der Waals surface area contributed by atoms with Gasteiger partial charge in [0.05, 0.1) is 11.4 Å². The maximum atomic E-state index is 12.7. The second-order valence-electron chi connectivity index (χ2n) is 5.48. The Balaban J connectivity index is 1.90. The molecule has 20 heavy (non-hydrogen) atoms. The molecule has 1 saturated carbocycles. The van der Waals surface area contributed by atoms with E-state index in [1.807, 2.05) is 6.07 Å². The first-order valence-corrected chi connectivity index (χ1v) is 8.31. The summed E-state index contributed by atoms with van der Waals surface area (Å²) >= 11 is 0. The van der Waals surface area contributed by atoms with Crippen LogP contribution in [0.1, 0.15) is 24.0 Å². The van der Waals surface area contributed by atoms with Crippen LogP contribution in [0.5, 0.6) is 0 Å². The molecule has 1 heterocycles. The molecule has 3 rings (SSSR count). The molecule has 1 aliphatic heterocycles. The summed E-state index contributed by atoms with van der Waals surface area (Å²) in [6, 6.07) is 5.37. The number of rotatable bonds is 5. The lowest BCUT2D eigenvalue weighted by atomic mass is 10.1. The molecule has 4 nitrogen and oxygen atoms in total. The molecule has 5 heteroatoms. The molecule has 0 atom stereocenters. The fourth-order valence-electron chi connectivity index (χ4n) is 2.52. The maximum Gasteiger partial charge on any atom is 0.243 e. The first kappa shape index (κ1) is 13.6. The molecule has 1 N–H and O–H groups in total. The summed E-state index contributed by atoms with van der Waals surface area (Å²) in [7, 11) is -3.48. The zero-order valence-corrected chi connectivity index (χ0v) is 12.1. The Hall–Kier alpha value is -1.35. The standard InChI is InChI=1S/C15H18N2O2S/c1-2-7-17(11-12-3-4-12)20(18,19)15-6-5-13-9-16-10-14(13)8-15/h1,5-6,8,12,16H,3-4,7,9-11H2. The Kier molecular flexibility index (Phi) is 3.55. The summed E-state index contributed by atoms with van der Waals surface area (Å²) in [6.07, 6.45) is 7.53. The minimum absolute atomic E-state index is 0.147. The van der Waals surface area contributed by atoms with E-state index >= 15 is 0 Å². The number of hydrogen-bond acceptors (Lipinski definition) is 3. The summed E-state index contributed by atoms with van der Waals surface area (Å²) in [5.74, 6) is 2.94. The van der Waals surface area contributed by atoms with Gasteiger partial charge < -0.3 is 5.32 Å². The van der Waals surface area contributed by atoms with Gasteiger partial charge in [0.25, 0.3) is 0 Å². The fourth-order valence-corrected chi connectivity index (χ4v) is 4.00. The number of hydrogen-bond donors (Lipinski definition) is 1. The molecule has 0 radical (unpaired) electrons. The van der Waals surface area contributed by atoms with Crippen molar-refractivity contribution in [1.29, 1.82) is 0 Å². The predicted octanol–water partition coefficient (Wildman–Crippen LogP) is 1.32. The Morgan fingerprint density at radius 3 is 2.75 bits per heavy atom. The van der Waals surface area contributed by atoms with Crippen molar-refractivity contribution in [1.82, 2.24) is 9.62 Å². The van der Waals surface area contributed by atoms with Crippen LogP contribution < -0.4 is 5.32 Å². The summed E-state index contributed by atoms with van der Waals surface area (Å²) < 4.78 is 26.8. The van der Waals surface area contributed by atoms with Crippen LogP contribution in [0.25, 0.3) is 0 Å². The van der Waals surface area contributed by atoms with Gasteiger partial charge in [-0.15, -0.1) is 6.42 Å². The molecule has 0 amide bonds. The van der Waals surface area contributed by atoms with Crippen LogP contribution in [0.2, 0.25) is 0 Å². The van der Waals surface area contributed by atoms with Crippen LogP contribution >= 0.6 is 0 Å². The van der Waals surface area contributed by atoms with Crippen LogP contribution in [0, 0.1) is 18.3 Å². The highest BCUT2D eigenvalue weighted by atomic mass is 32.2. The van der Waals surface area contributed by atoms with Crippen molar-refractivity contribution in [2.24, 2.45) is 5.92 Å². The van der Waals surface area contributed by atoms with E-state index in [0.717, 1.165) is 31.5 Å². The van der Waals surface area contributed by atoms with Gasteiger partial charge in [0, 0.05) is 19.6 Å². The lowest BCUT2D eigenvalue weighted by Crippen LogP contribution is -2.33. The Morgan fingerprint density at radius 1 is 1.30 bits per heavy atom. The number of fused-ring (bicyclic) bond motifs is 1. The van der Waals surface area contributed by atoms with E-state index in [0.29, 0.717) is 17.4 Å². The fraction of sp³-hybridized carbons (Fsp3) is 0.467. The van der Waals surface area contributed by atoms with Crippen LogP contribution in [0.15, 0.2) is 23.1 Å². The van der Waals surface area contributed by atoms with Gasteiger partial charge in [0.1, 0.15) is 0 Å². The number of nitrogens with one attached hydrogen (secondary N) is 1. The topological polar surface area (TPSA) is 49.4 Å². The Morgan fingerprint density at radius 2 is 2.05 bits per heavy atom. The molecule has 2 aliphatic rings. The first-order valence-electron chi connectivity index (χ1n) is 6.87. The number of terminal acetylenes is 1. The Labute approximate surface area is 120 Å². The van der Waals surface area contributed by atoms with E-state index in [9.17, 15) is 8.42 Å². The van der Waals surface area contributed by atoms with Gasteiger partial charge in [-0.2, -0.15) is 4.31 Å². The summed E-state index contributed by atoms with van der Waals surface area (Å²) in [4.78, 5) is 0.357. The maximum absolute atomic E-state index is 12.7. The number of benzene rings is 1. The van der Waals surface area contributed by atoms with Gasteiger partial charge in [0.15, 0.2) is 0 Å². The van der Waals surface area contributed by atoms with Crippen molar-refractivity contribution in [3.8, 4) is 12.3 Å². The second-order valence-corrected chi connectivity index (χ2v) is 7.42. The van der Waals surface area contributed by atoms with E-state index in [1.165, 1.54) is 9.87 Å². The minimum Gasteiger partial charge on any atom is -0.309 e. The molecule has 0 bridgehead atoms. The van der Waals surface area contributed by atoms with Gasteiger partial charge in [-0.1, -0.05) is 12.0 Å². The average Bonchev–Trinajstić information content (AvgIpc) is 3.12. The molecule has 1 aromatic carbocycles. The van der Waals surface area contributed by atoms with E-state index < -0.39 is 10.0 Å². The van der Waals surface area contributed by atoms with Gasteiger partial charge in [-0.3, -0.25) is 0 Å². The Bertz CT molecular complexity index is 657. The molecule has 0 aromatic heterocycles. The van der Waals surface area contributed by atoms with E-state index in [1.54, 1.807) is 12.1 Å². The molecular formula is C15H18N2O2S. The molecular weight excluding hydrogens is 272 g/mol. The number of nitrogens with zero attached hydrogens (tertiary/aromatic N) is 1. The van der Waals surface area contributed by atoms with E-state index in [-0.39, 0.29) is 6.54 Å². The minimum atomic E-state index is -3.48. The third-order valence-corrected chi connectivity index (χ3v) is 5.68. The highest BCUT2D eigenvalue weighted by Crippen LogP contribution is 2.32. The largest absolute Gasteiger partial charge is 0.309 e. The molecule has 106 valence electrons. The molecule has 0 saturated heterocycles. The lowest BCUT2D eigenvalue weighted by molar-refractivity contribution is 0.430. The van der Waals surface area contributed by atoms with Gasteiger partial charge >= 0.3 is 0 Å². The van der Waals surface area contributed by atoms with Crippen LogP contribution in [0.3, 0.4) is 0 Å². The molecule has 0 spiro atoms. The second kappa shape index (κ2) is 5.21. The van der Waals surface area contributed by atoms with Gasteiger partial charge in [-0.05, 0) is 42.0 Å². The third kappa shape index (κ3) is 2.59. The van der Waals surface area contributed by atoms with E-state index in [4.69, 9.17) is 6.42 Å². The first-order chi connectivity index (χ1) is 9.61. The van der Waals surface area contributed by atoms with Crippen molar-refractivity contribution in [2.75, 3.05) is 13.1 Å². The van der Waals surface area contributed by atoms with Crippen molar-refractivity contribution in [3.05, 3.63) is 29.3 Å². The number of sulfonamides is 1. The molecule has 1 aliphatic carbocycles. The lowest BCUT2D eigenvalue weighted by Gasteiger charge is -2.20. The summed E-state index contributed by atoms with van der Waals surface area (Å²) in [5, 5.41) is 3.22. The summed E-state index contributed by atoms with van der Waals surface area (Å²) in [5.41, 5.74) is 2.24. The van der Waals surface area contributed by atoms with Crippen LogP contribution in [-0.4, -0.2) is 25.8 Å². The summed E-state index contributed by atoms with van der Waals surface area (Å²) in [6.45, 7) is 2.23. The SMILES string of the molecule is C#CCN(CC1CC1)S(=O)(=O)c1ccc2c(c1)CNC2. The van der Waals surface area contributed by atoms with Gasteiger partial charge in [-0.25, -0.2) is 8.42 Å². The highest BCUT2D eigenvalue weighted by molar-refractivity contribution is 7.89. The quantitative estimate of drug-likeness (QED) is 0.832. The third-order valence-electron chi connectivity index (χ3n) is 3.87. The average molecular weight is 290 g/mol. The molecule has 0 unspecified atom stereocenters. The monoisotopic (exact) mass is 290 g/mol. The predicted molar refractivity (Wildman–Crippen MR) is 77.3 cm³/mol. The van der Waals surface area contributed by atoms with Crippen LogP contribution in [-0.2, 0) is 23.1 Å². The smallest absolute Gasteiger partial charge is 0.243 e. The molecule has 1 aromatic rings. The zero-order chi connectivity index (χ0) is 14.2. The molecule has 1 fully saturated rings. The van der Waals surface area contributed by atoms with Crippen molar-refractivity contribution in [3.63, 3.8) is 0 Å². The highest BCUT2D eigenvalue weighted by Gasteiger charge is 2.31. The van der Waals surface area contributed by atoms with Crippen molar-refractivity contribution < 1.29 is 8.42 Å². The van der Waals surface area contributed by atoms with Crippen molar-refractivity contribution >= 4 is 10.0 Å². The van der Waals surface area contributed by atoms with Crippen LogP contribution in [0.4, 0.5) is 0 Å². The van der Waals surface area contributed by atoms with E-state index in [2.05, 4.69) is 11.2 Å².